The molecule has 0 aliphatic heterocycles. The molecule has 0 bridgehead atoms. The summed E-state index contributed by atoms with van der Waals surface area (Å²) < 4.78 is 5.26. The molecular formula is C21H24N2O5. The van der Waals surface area contributed by atoms with E-state index in [1.807, 2.05) is 12.1 Å². The highest BCUT2D eigenvalue weighted by atomic mass is 16.5. The van der Waals surface area contributed by atoms with Crippen LogP contribution in [0.2, 0.25) is 0 Å². The molecule has 2 rings (SSSR count). The lowest BCUT2D eigenvalue weighted by atomic mass is 9.98. The predicted octanol–water partition coefficient (Wildman–Crippen LogP) is 2.72. The van der Waals surface area contributed by atoms with Crippen molar-refractivity contribution in [3.63, 3.8) is 0 Å². The summed E-state index contributed by atoms with van der Waals surface area (Å²) >= 11 is 0. The molecule has 0 fully saturated rings. The van der Waals surface area contributed by atoms with Crippen LogP contribution in [0.15, 0.2) is 48.5 Å². The molecule has 2 aromatic rings. The lowest BCUT2D eigenvalue weighted by Crippen LogP contribution is -2.34. The predicted molar refractivity (Wildman–Crippen MR) is 106 cm³/mol. The second-order valence-electron chi connectivity index (χ2n) is 6.24. The lowest BCUT2D eigenvalue weighted by molar-refractivity contribution is -0.141. The maximum absolute atomic E-state index is 12.4. The van der Waals surface area contributed by atoms with Crippen molar-refractivity contribution in [1.29, 1.82) is 0 Å². The molecule has 2 aromatic carbocycles. The van der Waals surface area contributed by atoms with E-state index in [1.165, 1.54) is 7.11 Å². The number of ether oxygens (including phenoxy) is 1. The van der Waals surface area contributed by atoms with Crippen molar-refractivity contribution in [3.8, 4) is 5.75 Å². The Morgan fingerprint density at radius 2 is 1.86 bits per heavy atom. The van der Waals surface area contributed by atoms with Crippen molar-refractivity contribution >= 4 is 23.5 Å². The SMILES string of the molecule is CCC(=O)Nc1cccc(C(=O)NCC(Cc2ccccc2OC)C(=O)O)c1. The van der Waals surface area contributed by atoms with Crippen LogP contribution in [0.1, 0.15) is 29.3 Å². The first kappa shape index (κ1) is 21.0. The number of hydrogen-bond acceptors (Lipinski definition) is 4. The monoisotopic (exact) mass is 384 g/mol. The molecule has 0 saturated carbocycles. The molecule has 148 valence electrons. The van der Waals surface area contributed by atoms with Crippen LogP contribution in [-0.2, 0) is 16.0 Å². The van der Waals surface area contributed by atoms with Crippen molar-refractivity contribution in [1.82, 2.24) is 5.32 Å². The molecule has 0 aromatic heterocycles. The van der Waals surface area contributed by atoms with E-state index in [1.54, 1.807) is 43.3 Å². The van der Waals surface area contributed by atoms with Crippen LogP contribution in [0.4, 0.5) is 5.69 Å². The molecule has 1 atom stereocenters. The molecule has 0 heterocycles. The largest absolute Gasteiger partial charge is 0.496 e. The number of nitrogens with one attached hydrogen (secondary N) is 2. The van der Waals surface area contributed by atoms with Gasteiger partial charge in [0.2, 0.25) is 5.91 Å². The van der Waals surface area contributed by atoms with Crippen molar-refractivity contribution in [3.05, 3.63) is 59.7 Å². The minimum Gasteiger partial charge on any atom is -0.496 e. The van der Waals surface area contributed by atoms with Crippen LogP contribution < -0.4 is 15.4 Å². The summed E-state index contributed by atoms with van der Waals surface area (Å²) in [4.78, 5) is 35.5. The maximum Gasteiger partial charge on any atom is 0.308 e. The molecule has 7 nitrogen and oxygen atoms in total. The molecule has 0 aliphatic carbocycles. The zero-order valence-electron chi connectivity index (χ0n) is 15.9. The van der Waals surface area contributed by atoms with E-state index in [0.29, 0.717) is 23.4 Å². The Balaban J connectivity index is 2.03. The van der Waals surface area contributed by atoms with Crippen LogP contribution in [-0.4, -0.2) is 36.5 Å². The third-order valence-corrected chi connectivity index (χ3v) is 4.25. The van der Waals surface area contributed by atoms with E-state index in [2.05, 4.69) is 10.6 Å². The number of carbonyl (C=O) groups excluding carboxylic acids is 2. The molecule has 0 radical (unpaired) electrons. The lowest BCUT2D eigenvalue weighted by Gasteiger charge is -2.16. The summed E-state index contributed by atoms with van der Waals surface area (Å²) in [6.45, 7) is 1.71. The zero-order chi connectivity index (χ0) is 20.5. The van der Waals surface area contributed by atoms with E-state index >= 15 is 0 Å². The number of amides is 2. The van der Waals surface area contributed by atoms with Gasteiger partial charge in [-0.3, -0.25) is 14.4 Å². The minimum absolute atomic E-state index is 0.0300. The summed E-state index contributed by atoms with van der Waals surface area (Å²) in [6.07, 6.45) is 0.561. The van der Waals surface area contributed by atoms with Gasteiger partial charge in [0.05, 0.1) is 13.0 Å². The van der Waals surface area contributed by atoms with Gasteiger partial charge in [-0.15, -0.1) is 0 Å². The average Bonchev–Trinajstić information content (AvgIpc) is 2.70. The Hall–Kier alpha value is -3.35. The standard InChI is InChI=1S/C21H24N2O5/c1-3-19(24)23-17-9-6-8-15(12-17)20(25)22-13-16(21(26)27)11-14-7-4-5-10-18(14)28-2/h4-10,12,16H,3,11,13H2,1-2H3,(H,22,25)(H,23,24)(H,26,27). The van der Waals surface area contributed by atoms with Crippen LogP contribution in [0.3, 0.4) is 0 Å². The normalized spacial score (nSPS) is 11.4. The fourth-order valence-corrected chi connectivity index (χ4v) is 2.69. The second kappa shape index (κ2) is 10.1. The molecule has 1 unspecified atom stereocenters. The van der Waals surface area contributed by atoms with Gasteiger partial charge >= 0.3 is 5.97 Å². The molecule has 0 aliphatic rings. The molecule has 0 saturated heterocycles. The number of aliphatic carboxylic acids is 1. The molecule has 28 heavy (non-hydrogen) atoms. The fourth-order valence-electron chi connectivity index (χ4n) is 2.69. The van der Waals surface area contributed by atoms with Crippen LogP contribution >= 0.6 is 0 Å². The Morgan fingerprint density at radius 3 is 2.54 bits per heavy atom. The number of carboxylic acid groups (broad SMARTS) is 1. The average molecular weight is 384 g/mol. The second-order valence-corrected chi connectivity index (χ2v) is 6.24. The summed E-state index contributed by atoms with van der Waals surface area (Å²) in [5, 5.41) is 14.9. The summed E-state index contributed by atoms with van der Waals surface area (Å²) in [6, 6.07) is 13.7. The molecule has 0 spiro atoms. The van der Waals surface area contributed by atoms with Crippen molar-refractivity contribution in [2.45, 2.75) is 19.8 Å². The Labute approximate surface area is 163 Å². The first-order chi connectivity index (χ1) is 13.4. The highest BCUT2D eigenvalue weighted by Gasteiger charge is 2.21. The third-order valence-electron chi connectivity index (χ3n) is 4.25. The summed E-state index contributed by atoms with van der Waals surface area (Å²) in [5.41, 5.74) is 1.62. The van der Waals surface area contributed by atoms with Crippen molar-refractivity contribution in [2.24, 2.45) is 5.92 Å². The number of methoxy groups -OCH3 is 1. The number of anilines is 1. The van der Waals surface area contributed by atoms with E-state index < -0.39 is 17.8 Å². The quantitative estimate of drug-likeness (QED) is 0.617. The molecular weight excluding hydrogens is 360 g/mol. The van der Waals surface area contributed by atoms with Gasteiger partial charge in [0.1, 0.15) is 5.75 Å². The third kappa shape index (κ3) is 5.84. The van der Waals surface area contributed by atoms with Gasteiger partial charge in [0.25, 0.3) is 5.91 Å². The minimum atomic E-state index is -1.00. The molecule has 3 N–H and O–H groups in total. The van der Waals surface area contributed by atoms with E-state index in [4.69, 9.17) is 4.74 Å². The summed E-state index contributed by atoms with van der Waals surface area (Å²) in [5.74, 6) is -1.75. The zero-order valence-corrected chi connectivity index (χ0v) is 15.9. The first-order valence-electron chi connectivity index (χ1n) is 8.97. The number of carbonyl (C=O) groups is 3. The first-order valence-corrected chi connectivity index (χ1v) is 8.97. The van der Waals surface area contributed by atoms with Gasteiger partial charge in [-0.05, 0) is 36.2 Å². The van der Waals surface area contributed by atoms with Crippen LogP contribution in [0, 0.1) is 5.92 Å². The number of hydrogen-bond donors (Lipinski definition) is 3. The van der Waals surface area contributed by atoms with Crippen LogP contribution in [0.5, 0.6) is 5.75 Å². The number of carboxylic acids is 1. The Kier molecular flexibility index (Phi) is 7.56. The smallest absolute Gasteiger partial charge is 0.308 e. The number of benzene rings is 2. The fraction of sp³-hybridized carbons (Fsp3) is 0.286. The highest BCUT2D eigenvalue weighted by molar-refractivity contribution is 5.97. The number of para-hydroxylation sites is 1. The number of rotatable bonds is 9. The Morgan fingerprint density at radius 1 is 1.11 bits per heavy atom. The van der Waals surface area contributed by atoms with Crippen LogP contribution in [0.25, 0.3) is 0 Å². The maximum atomic E-state index is 12.4. The van der Waals surface area contributed by atoms with E-state index in [9.17, 15) is 19.5 Å². The Bertz CT molecular complexity index is 850. The highest BCUT2D eigenvalue weighted by Crippen LogP contribution is 2.21. The van der Waals surface area contributed by atoms with Gasteiger partial charge in [-0.2, -0.15) is 0 Å². The van der Waals surface area contributed by atoms with Gasteiger partial charge in [0.15, 0.2) is 0 Å². The van der Waals surface area contributed by atoms with Gasteiger partial charge in [0, 0.05) is 24.2 Å². The summed E-state index contributed by atoms with van der Waals surface area (Å²) in [7, 11) is 1.53. The van der Waals surface area contributed by atoms with E-state index in [-0.39, 0.29) is 18.9 Å². The topological polar surface area (TPSA) is 105 Å². The van der Waals surface area contributed by atoms with Gasteiger partial charge in [-0.25, -0.2) is 0 Å². The van der Waals surface area contributed by atoms with Crippen molar-refractivity contribution in [2.75, 3.05) is 19.0 Å². The molecule has 7 heteroatoms. The van der Waals surface area contributed by atoms with Gasteiger partial charge < -0.3 is 20.5 Å². The molecule has 2 amide bonds. The van der Waals surface area contributed by atoms with E-state index in [0.717, 1.165) is 5.56 Å². The van der Waals surface area contributed by atoms with Gasteiger partial charge in [-0.1, -0.05) is 31.2 Å². The van der Waals surface area contributed by atoms with Crippen molar-refractivity contribution < 1.29 is 24.2 Å².